The Morgan fingerprint density at radius 3 is 2.67 bits per heavy atom. The highest BCUT2D eigenvalue weighted by molar-refractivity contribution is 9.10. The van der Waals surface area contributed by atoms with E-state index in [0.29, 0.717) is 6.54 Å². The van der Waals surface area contributed by atoms with Crippen molar-refractivity contribution in [2.24, 2.45) is 5.73 Å². The molecular weight excluding hydrogens is 312 g/mol. The Morgan fingerprint density at radius 1 is 1.28 bits per heavy atom. The standard InChI is InChI=1S/C12H15BrN4S/c1-9-15-16-12(17(9)7-6-14)18-8-10-2-4-11(13)5-3-10/h2-5H,6-8,14H2,1H3. The van der Waals surface area contributed by atoms with E-state index in [1.165, 1.54) is 5.56 Å². The van der Waals surface area contributed by atoms with Crippen LogP contribution in [0.25, 0.3) is 0 Å². The normalized spacial score (nSPS) is 10.8. The molecule has 0 atom stereocenters. The lowest BCUT2D eigenvalue weighted by Crippen LogP contribution is -2.12. The third kappa shape index (κ3) is 3.34. The summed E-state index contributed by atoms with van der Waals surface area (Å²) in [5.74, 6) is 1.80. The van der Waals surface area contributed by atoms with Crippen molar-refractivity contribution in [2.45, 2.75) is 24.4 Å². The number of thioether (sulfide) groups is 1. The fraction of sp³-hybridized carbons (Fsp3) is 0.333. The van der Waals surface area contributed by atoms with Gasteiger partial charge in [0.2, 0.25) is 0 Å². The second-order valence-electron chi connectivity index (χ2n) is 3.89. The summed E-state index contributed by atoms with van der Waals surface area (Å²) >= 11 is 5.12. The van der Waals surface area contributed by atoms with E-state index >= 15 is 0 Å². The number of aryl methyl sites for hydroxylation is 1. The molecule has 1 aromatic carbocycles. The van der Waals surface area contributed by atoms with E-state index in [2.05, 4.69) is 42.8 Å². The Bertz CT molecular complexity index is 509. The molecule has 1 heterocycles. The highest BCUT2D eigenvalue weighted by atomic mass is 79.9. The molecule has 18 heavy (non-hydrogen) atoms. The zero-order valence-electron chi connectivity index (χ0n) is 10.1. The van der Waals surface area contributed by atoms with Crippen molar-refractivity contribution < 1.29 is 0 Å². The molecule has 0 unspecified atom stereocenters. The van der Waals surface area contributed by atoms with Gasteiger partial charge in [0.05, 0.1) is 0 Å². The van der Waals surface area contributed by atoms with Gasteiger partial charge in [0.1, 0.15) is 5.82 Å². The summed E-state index contributed by atoms with van der Waals surface area (Å²) in [5, 5.41) is 9.20. The fourth-order valence-corrected chi connectivity index (χ4v) is 2.81. The largest absolute Gasteiger partial charge is 0.329 e. The van der Waals surface area contributed by atoms with Gasteiger partial charge in [-0.25, -0.2) is 0 Å². The van der Waals surface area contributed by atoms with Gasteiger partial charge in [-0.3, -0.25) is 0 Å². The molecular formula is C12H15BrN4S. The molecule has 96 valence electrons. The van der Waals surface area contributed by atoms with Crippen LogP contribution in [0.1, 0.15) is 11.4 Å². The third-order valence-electron chi connectivity index (χ3n) is 2.54. The number of benzene rings is 1. The SMILES string of the molecule is Cc1nnc(SCc2ccc(Br)cc2)n1CCN. The van der Waals surface area contributed by atoms with E-state index in [1.54, 1.807) is 11.8 Å². The molecule has 4 nitrogen and oxygen atoms in total. The molecule has 0 amide bonds. The first-order valence-corrected chi connectivity index (χ1v) is 7.45. The van der Waals surface area contributed by atoms with Crippen molar-refractivity contribution >= 4 is 27.7 Å². The minimum absolute atomic E-state index is 0.602. The molecule has 2 N–H and O–H groups in total. The molecule has 2 rings (SSSR count). The number of hydrogen-bond acceptors (Lipinski definition) is 4. The molecule has 2 aromatic rings. The average Bonchev–Trinajstić information content (AvgIpc) is 2.71. The first kappa shape index (κ1) is 13.6. The maximum Gasteiger partial charge on any atom is 0.191 e. The molecule has 0 fully saturated rings. The summed E-state index contributed by atoms with van der Waals surface area (Å²) in [6.45, 7) is 3.32. The Morgan fingerprint density at radius 2 is 2.00 bits per heavy atom. The quantitative estimate of drug-likeness (QED) is 0.858. The fourth-order valence-electron chi connectivity index (χ4n) is 1.58. The topological polar surface area (TPSA) is 56.7 Å². The highest BCUT2D eigenvalue weighted by Crippen LogP contribution is 2.22. The van der Waals surface area contributed by atoms with Crippen molar-refractivity contribution in [3.63, 3.8) is 0 Å². The van der Waals surface area contributed by atoms with Gasteiger partial charge in [-0.05, 0) is 24.6 Å². The molecule has 0 spiro atoms. The minimum Gasteiger partial charge on any atom is -0.329 e. The summed E-state index contributed by atoms with van der Waals surface area (Å²) in [5.41, 5.74) is 6.86. The lowest BCUT2D eigenvalue weighted by molar-refractivity contribution is 0.627. The lowest BCUT2D eigenvalue weighted by Gasteiger charge is -2.06. The van der Waals surface area contributed by atoms with Crippen molar-refractivity contribution in [3.8, 4) is 0 Å². The van der Waals surface area contributed by atoms with Gasteiger partial charge in [0.25, 0.3) is 0 Å². The van der Waals surface area contributed by atoms with Crippen LogP contribution in [-0.2, 0) is 12.3 Å². The number of nitrogens with zero attached hydrogens (tertiary/aromatic N) is 3. The van der Waals surface area contributed by atoms with Crippen LogP contribution in [0, 0.1) is 6.92 Å². The molecule has 6 heteroatoms. The van der Waals surface area contributed by atoms with Crippen LogP contribution in [0.5, 0.6) is 0 Å². The van der Waals surface area contributed by atoms with Crippen LogP contribution in [-0.4, -0.2) is 21.3 Å². The first-order chi connectivity index (χ1) is 8.70. The van der Waals surface area contributed by atoms with Crippen molar-refractivity contribution in [2.75, 3.05) is 6.54 Å². The maximum atomic E-state index is 5.59. The maximum absolute atomic E-state index is 5.59. The Hall–Kier alpha value is -0.850. The summed E-state index contributed by atoms with van der Waals surface area (Å²) in [7, 11) is 0. The number of rotatable bonds is 5. The van der Waals surface area contributed by atoms with Crippen molar-refractivity contribution in [1.29, 1.82) is 0 Å². The van der Waals surface area contributed by atoms with Gasteiger partial charge in [-0.2, -0.15) is 0 Å². The van der Waals surface area contributed by atoms with E-state index in [0.717, 1.165) is 27.8 Å². The predicted molar refractivity (Wildman–Crippen MR) is 77.5 cm³/mol. The predicted octanol–water partition coefficient (Wildman–Crippen LogP) is 2.60. The van der Waals surface area contributed by atoms with Crippen LogP contribution in [0.2, 0.25) is 0 Å². The van der Waals surface area contributed by atoms with E-state index in [9.17, 15) is 0 Å². The summed E-state index contributed by atoms with van der Waals surface area (Å²) < 4.78 is 3.15. The number of hydrogen-bond donors (Lipinski definition) is 1. The second kappa shape index (κ2) is 6.36. The molecule has 1 aromatic heterocycles. The number of halogens is 1. The molecule has 0 aliphatic carbocycles. The molecule has 0 aliphatic heterocycles. The Kier molecular flexibility index (Phi) is 4.79. The van der Waals surface area contributed by atoms with Crippen LogP contribution in [0.4, 0.5) is 0 Å². The Labute approximate surface area is 119 Å². The molecule has 0 bridgehead atoms. The van der Waals surface area contributed by atoms with Gasteiger partial charge >= 0.3 is 0 Å². The van der Waals surface area contributed by atoms with E-state index < -0.39 is 0 Å². The minimum atomic E-state index is 0.602. The lowest BCUT2D eigenvalue weighted by atomic mass is 10.2. The van der Waals surface area contributed by atoms with Gasteiger partial charge in [-0.1, -0.05) is 39.8 Å². The molecule has 0 aliphatic rings. The third-order valence-corrected chi connectivity index (χ3v) is 4.10. The second-order valence-corrected chi connectivity index (χ2v) is 5.74. The molecule has 0 saturated carbocycles. The van der Waals surface area contributed by atoms with Gasteiger partial charge < -0.3 is 10.3 Å². The molecule has 0 saturated heterocycles. The Balaban J connectivity index is 2.03. The zero-order chi connectivity index (χ0) is 13.0. The summed E-state index contributed by atoms with van der Waals surface area (Å²) in [6, 6.07) is 8.30. The van der Waals surface area contributed by atoms with Gasteiger partial charge in [-0.15, -0.1) is 10.2 Å². The van der Waals surface area contributed by atoms with E-state index in [4.69, 9.17) is 5.73 Å². The van der Waals surface area contributed by atoms with E-state index in [-0.39, 0.29) is 0 Å². The van der Waals surface area contributed by atoms with Gasteiger partial charge in [0.15, 0.2) is 5.16 Å². The average molecular weight is 327 g/mol. The van der Waals surface area contributed by atoms with Crippen molar-refractivity contribution in [1.82, 2.24) is 14.8 Å². The summed E-state index contributed by atoms with van der Waals surface area (Å²) in [4.78, 5) is 0. The highest BCUT2D eigenvalue weighted by Gasteiger charge is 2.08. The van der Waals surface area contributed by atoms with Crippen LogP contribution in [0.3, 0.4) is 0 Å². The van der Waals surface area contributed by atoms with Crippen LogP contribution >= 0.6 is 27.7 Å². The smallest absolute Gasteiger partial charge is 0.191 e. The van der Waals surface area contributed by atoms with Crippen LogP contribution in [0.15, 0.2) is 33.9 Å². The van der Waals surface area contributed by atoms with Gasteiger partial charge in [0, 0.05) is 23.3 Å². The molecule has 0 radical (unpaired) electrons. The first-order valence-electron chi connectivity index (χ1n) is 5.68. The van der Waals surface area contributed by atoms with Crippen LogP contribution < -0.4 is 5.73 Å². The number of nitrogens with two attached hydrogens (primary N) is 1. The summed E-state index contributed by atoms with van der Waals surface area (Å²) in [6.07, 6.45) is 0. The monoisotopic (exact) mass is 326 g/mol. The number of aromatic nitrogens is 3. The van der Waals surface area contributed by atoms with Crippen molar-refractivity contribution in [3.05, 3.63) is 40.1 Å². The van der Waals surface area contributed by atoms with E-state index in [1.807, 2.05) is 19.1 Å². The zero-order valence-corrected chi connectivity index (χ0v) is 12.5.